The van der Waals surface area contributed by atoms with Crippen molar-refractivity contribution < 1.29 is 19.1 Å². The molecule has 2 aromatic rings. The van der Waals surface area contributed by atoms with E-state index in [1.54, 1.807) is 22.3 Å². The molecule has 1 aromatic heterocycles. The van der Waals surface area contributed by atoms with Crippen LogP contribution in [0, 0.1) is 0 Å². The number of carbonyl (C=O) groups is 3. The van der Waals surface area contributed by atoms with E-state index < -0.39 is 12.2 Å². The Bertz CT molecular complexity index is 1430. The van der Waals surface area contributed by atoms with Crippen LogP contribution in [0.2, 0.25) is 5.02 Å². The number of likely N-dealkylation sites (N-methyl/N-ethyl adjacent to an activating group) is 1. The maximum absolute atomic E-state index is 14.1. The van der Waals surface area contributed by atoms with E-state index >= 15 is 0 Å². The summed E-state index contributed by atoms with van der Waals surface area (Å²) in [6, 6.07) is 4.16. The molecule has 4 amide bonds. The summed E-state index contributed by atoms with van der Waals surface area (Å²) in [5, 5.41) is 7.55. The van der Waals surface area contributed by atoms with Gasteiger partial charge in [-0.1, -0.05) is 24.6 Å². The molecular formula is C34H48ClN7O4S. The van der Waals surface area contributed by atoms with Crippen LogP contribution in [-0.4, -0.2) is 127 Å². The van der Waals surface area contributed by atoms with Gasteiger partial charge in [0.2, 0.25) is 0 Å². The number of thiophene rings is 1. The zero-order valence-electron chi connectivity index (χ0n) is 27.6. The van der Waals surface area contributed by atoms with Gasteiger partial charge in [0.25, 0.3) is 5.91 Å². The highest BCUT2D eigenvalue weighted by atomic mass is 35.5. The van der Waals surface area contributed by atoms with E-state index in [0.29, 0.717) is 68.7 Å². The van der Waals surface area contributed by atoms with E-state index in [0.717, 1.165) is 62.3 Å². The van der Waals surface area contributed by atoms with Gasteiger partial charge in [-0.15, -0.1) is 11.3 Å². The lowest BCUT2D eigenvalue weighted by Crippen LogP contribution is -2.54. The van der Waals surface area contributed by atoms with Crippen LogP contribution < -0.4 is 11.1 Å². The minimum atomic E-state index is -0.972. The van der Waals surface area contributed by atoms with Crippen molar-refractivity contribution in [3.05, 3.63) is 44.6 Å². The molecule has 3 N–H and O–H groups in total. The van der Waals surface area contributed by atoms with Crippen LogP contribution in [0.4, 0.5) is 21.0 Å². The molecule has 4 aliphatic heterocycles. The van der Waals surface area contributed by atoms with Crippen molar-refractivity contribution in [3.8, 4) is 0 Å². The predicted molar refractivity (Wildman–Crippen MR) is 186 cm³/mol. The third kappa shape index (κ3) is 7.82. The minimum absolute atomic E-state index is 0.0372. The number of hydrogen-bond donors (Lipinski definition) is 2. The lowest BCUT2D eigenvalue weighted by molar-refractivity contribution is -0.142. The number of nitrogens with two attached hydrogens (primary N) is 1. The highest BCUT2D eigenvalue weighted by Crippen LogP contribution is 2.29. The van der Waals surface area contributed by atoms with E-state index in [1.807, 2.05) is 28.2 Å². The Balaban J connectivity index is 1.09. The second-order valence-corrected chi connectivity index (χ2v) is 14.5. The summed E-state index contributed by atoms with van der Waals surface area (Å²) in [6.07, 6.45) is 3.41. The molecule has 5 heterocycles. The summed E-state index contributed by atoms with van der Waals surface area (Å²) >= 11 is 8.08. The molecule has 6 rings (SSSR count). The molecule has 0 bridgehead atoms. The van der Waals surface area contributed by atoms with Crippen LogP contribution in [0.25, 0.3) is 0 Å². The number of nitrogens with zero attached hydrogens (tertiary/aromatic N) is 5. The van der Waals surface area contributed by atoms with Gasteiger partial charge in [-0.3, -0.25) is 9.69 Å². The number of nitrogens with one attached hydrogen (secondary N) is 1. The Morgan fingerprint density at radius 3 is 2.36 bits per heavy atom. The number of urea groups is 1. The quantitative estimate of drug-likeness (QED) is 0.416. The van der Waals surface area contributed by atoms with Gasteiger partial charge in [-0.25, -0.2) is 9.59 Å². The number of aryl methyl sites for hydroxylation is 1. The standard InChI is InChI=1S/C34H48ClN7O4S/c1-3-24-18-23(19-28(35)31(24)36)20-30(32(43)40-9-5-26(6-10-40)39-16-14-38(2)15-17-39)46-34(45)41-11-7-27(8-12-41)42-13-4-25-21-47-22-29(25)37-33(42)44/h18-19,21-22,26-27,30H,3-17,20,36H2,1-2H3,(H,37,44)/t30-/m1/s1. The van der Waals surface area contributed by atoms with Crippen molar-refractivity contribution in [3.63, 3.8) is 0 Å². The number of carbonyl (C=O) groups excluding carboxylic acids is 3. The number of piperidine rings is 2. The maximum atomic E-state index is 14.1. The van der Waals surface area contributed by atoms with Crippen LogP contribution in [0.3, 0.4) is 0 Å². The lowest BCUT2D eigenvalue weighted by atomic mass is 9.99. The fourth-order valence-electron chi connectivity index (χ4n) is 7.44. The van der Waals surface area contributed by atoms with Crippen LogP contribution in [0.1, 0.15) is 49.3 Å². The molecule has 1 atom stereocenters. The molecular weight excluding hydrogens is 638 g/mol. The first-order chi connectivity index (χ1) is 22.7. The molecule has 0 saturated carbocycles. The fourth-order valence-corrected chi connectivity index (χ4v) is 8.53. The van der Waals surface area contributed by atoms with Crippen LogP contribution in [-0.2, 0) is 28.8 Å². The van der Waals surface area contributed by atoms with Crippen LogP contribution in [0.5, 0.6) is 0 Å². The summed E-state index contributed by atoms with van der Waals surface area (Å²) in [6.45, 7) is 9.11. The smallest absolute Gasteiger partial charge is 0.410 e. The predicted octanol–water partition coefficient (Wildman–Crippen LogP) is 4.39. The van der Waals surface area contributed by atoms with Crippen molar-refractivity contribution in [1.82, 2.24) is 24.5 Å². The highest BCUT2D eigenvalue weighted by Gasteiger charge is 2.36. The van der Waals surface area contributed by atoms with Gasteiger partial charge in [0, 0.05) is 82.8 Å². The molecule has 3 fully saturated rings. The van der Waals surface area contributed by atoms with Crippen molar-refractivity contribution in [2.75, 3.05) is 77.0 Å². The van der Waals surface area contributed by atoms with Gasteiger partial charge >= 0.3 is 12.1 Å². The number of likely N-dealkylation sites (tertiary alicyclic amines) is 2. The van der Waals surface area contributed by atoms with E-state index in [1.165, 1.54) is 5.56 Å². The number of nitrogen functional groups attached to an aromatic ring is 1. The SMILES string of the molecule is CCc1cc(C[C@@H](OC(=O)N2CCC(N3CCc4cscc4NC3=O)CC2)C(=O)N2CCC(N3CCN(C)CC3)CC2)cc(Cl)c1N. The summed E-state index contributed by atoms with van der Waals surface area (Å²) in [4.78, 5) is 51.0. The second-order valence-electron chi connectivity index (χ2n) is 13.4. The van der Waals surface area contributed by atoms with Gasteiger partial charge in [0.05, 0.1) is 16.4 Å². The zero-order chi connectivity index (χ0) is 33.1. The largest absolute Gasteiger partial charge is 0.436 e. The number of benzene rings is 1. The molecule has 0 aliphatic carbocycles. The van der Waals surface area contributed by atoms with Gasteiger partial charge in [0.1, 0.15) is 0 Å². The maximum Gasteiger partial charge on any atom is 0.410 e. The second kappa shape index (κ2) is 15.0. The molecule has 0 spiro atoms. The number of hydrogen-bond acceptors (Lipinski definition) is 8. The number of ether oxygens (including phenoxy) is 1. The molecule has 3 saturated heterocycles. The third-order valence-electron chi connectivity index (χ3n) is 10.5. The summed E-state index contributed by atoms with van der Waals surface area (Å²) < 4.78 is 6.08. The number of rotatable bonds is 7. The Morgan fingerprint density at radius 2 is 1.66 bits per heavy atom. The van der Waals surface area contributed by atoms with E-state index in [2.05, 4.69) is 27.5 Å². The molecule has 0 unspecified atom stereocenters. The zero-order valence-corrected chi connectivity index (χ0v) is 29.2. The Morgan fingerprint density at radius 1 is 0.979 bits per heavy atom. The van der Waals surface area contributed by atoms with Crippen molar-refractivity contribution in [2.24, 2.45) is 0 Å². The van der Waals surface area contributed by atoms with Crippen LogP contribution in [0.15, 0.2) is 22.9 Å². The molecule has 13 heteroatoms. The number of fused-ring (bicyclic) bond motifs is 1. The van der Waals surface area contributed by atoms with Crippen LogP contribution >= 0.6 is 22.9 Å². The molecule has 11 nitrogen and oxygen atoms in total. The summed E-state index contributed by atoms with van der Waals surface area (Å²) in [5.41, 5.74) is 10.5. The van der Waals surface area contributed by atoms with Crippen molar-refractivity contribution in [2.45, 2.75) is 70.1 Å². The molecule has 0 radical (unpaired) electrons. The average Bonchev–Trinajstić information content (AvgIpc) is 3.46. The number of piperazine rings is 1. The molecule has 1 aromatic carbocycles. The number of halogens is 1. The number of anilines is 2. The van der Waals surface area contributed by atoms with Gasteiger partial charge < -0.3 is 35.4 Å². The van der Waals surface area contributed by atoms with E-state index in [9.17, 15) is 14.4 Å². The van der Waals surface area contributed by atoms with Crippen molar-refractivity contribution in [1.29, 1.82) is 0 Å². The first kappa shape index (κ1) is 33.8. The molecule has 256 valence electrons. The Hall–Kier alpha value is -3.06. The number of amides is 4. The third-order valence-corrected chi connectivity index (χ3v) is 11.6. The van der Waals surface area contributed by atoms with Gasteiger partial charge in [-0.05, 0) is 73.7 Å². The van der Waals surface area contributed by atoms with E-state index in [4.69, 9.17) is 22.1 Å². The first-order valence-electron chi connectivity index (χ1n) is 17.1. The highest BCUT2D eigenvalue weighted by molar-refractivity contribution is 7.08. The Kier molecular flexibility index (Phi) is 10.8. The summed E-state index contributed by atoms with van der Waals surface area (Å²) in [5.74, 6) is -0.162. The topological polar surface area (TPSA) is 115 Å². The lowest BCUT2D eigenvalue weighted by Gasteiger charge is -2.42. The first-order valence-corrected chi connectivity index (χ1v) is 18.4. The normalized spacial score (nSPS) is 21.3. The minimum Gasteiger partial charge on any atom is -0.436 e. The van der Waals surface area contributed by atoms with Gasteiger partial charge in [-0.2, -0.15) is 0 Å². The fraction of sp³-hybridized carbons (Fsp3) is 0.618. The average molecular weight is 686 g/mol. The van der Waals surface area contributed by atoms with Crippen molar-refractivity contribution >= 4 is 52.3 Å². The van der Waals surface area contributed by atoms with E-state index in [-0.39, 0.29) is 24.4 Å². The van der Waals surface area contributed by atoms with Gasteiger partial charge in [0.15, 0.2) is 6.10 Å². The Labute approximate surface area is 286 Å². The molecule has 4 aliphatic rings. The summed E-state index contributed by atoms with van der Waals surface area (Å²) in [7, 11) is 2.16. The monoisotopic (exact) mass is 685 g/mol. The molecule has 47 heavy (non-hydrogen) atoms.